The zero-order valence-corrected chi connectivity index (χ0v) is 16.1. The molecule has 1 atom stereocenters. The Kier molecular flexibility index (Phi) is 4.95. The third-order valence-electron chi connectivity index (χ3n) is 4.81. The fourth-order valence-corrected chi connectivity index (χ4v) is 3.52. The van der Waals surface area contributed by atoms with Crippen molar-refractivity contribution in [3.05, 3.63) is 92.1 Å². The normalized spacial score (nSPS) is 15.1. The second-order valence-electron chi connectivity index (χ2n) is 6.59. The van der Waals surface area contributed by atoms with Crippen LogP contribution in [-0.2, 0) is 0 Å². The van der Waals surface area contributed by atoms with Crippen LogP contribution < -0.4 is 26.0 Å². The molecule has 2 aromatic carbocycles. The van der Waals surface area contributed by atoms with Gasteiger partial charge in [0, 0.05) is 11.6 Å². The Bertz CT molecular complexity index is 1180. The summed E-state index contributed by atoms with van der Waals surface area (Å²) in [5.41, 5.74) is 2.05. The standard InChI is InChI=1S/C22H21N3O4/c1-3-29-17-10-9-14(11-18(17)28-2)15-12-16(13-7-5-4-6-8-13)23-20-19(15)21(26)25-22(27)24-20/h4-12,15H,3H2,1-2H3,(H3,23,24,25,26,27). The molecule has 1 unspecified atom stereocenters. The number of benzene rings is 2. The van der Waals surface area contributed by atoms with Crippen LogP contribution in [0.2, 0.25) is 0 Å². The number of hydrogen-bond donors (Lipinski definition) is 3. The average molecular weight is 391 g/mol. The zero-order valence-electron chi connectivity index (χ0n) is 16.1. The van der Waals surface area contributed by atoms with Gasteiger partial charge in [-0.2, -0.15) is 0 Å². The average Bonchev–Trinajstić information content (AvgIpc) is 2.73. The molecule has 0 radical (unpaired) electrons. The van der Waals surface area contributed by atoms with Crippen LogP contribution in [0, 0.1) is 0 Å². The number of hydrogen-bond acceptors (Lipinski definition) is 5. The van der Waals surface area contributed by atoms with Crippen molar-refractivity contribution >= 4 is 11.5 Å². The van der Waals surface area contributed by atoms with Crippen molar-refractivity contribution in [3.8, 4) is 11.5 Å². The summed E-state index contributed by atoms with van der Waals surface area (Å²) in [5, 5.41) is 3.18. The van der Waals surface area contributed by atoms with Crippen LogP contribution in [-0.4, -0.2) is 23.7 Å². The van der Waals surface area contributed by atoms with E-state index in [9.17, 15) is 9.59 Å². The van der Waals surface area contributed by atoms with Crippen molar-refractivity contribution in [3.63, 3.8) is 0 Å². The van der Waals surface area contributed by atoms with Crippen molar-refractivity contribution in [1.82, 2.24) is 9.97 Å². The highest BCUT2D eigenvalue weighted by Crippen LogP contribution is 2.39. The molecule has 0 amide bonds. The maximum absolute atomic E-state index is 12.6. The molecule has 7 heteroatoms. The zero-order chi connectivity index (χ0) is 20.4. The molecule has 0 saturated heterocycles. The number of aromatic nitrogens is 2. The summed E-state index contributed by atoms with van der Waals surface area (Å²) in [6.45, 7) is 2.42. The van der Waals surface area contributed by atoms with E-state index in [4.69, 9.17) is 9.47 Å². The summed E-state index contributed by atoms with van der Waals surface area (Å²) >= 11 is 0. The maximum Gasteiger partial charge on any atom is 0.327 e. The lowest BCUT2D eigenvalue weighted by atomic mass is 9.88. The fraction of sp³-hybridized carbons (Fsp3) is 0.182. The molecule has 7 nitrogen and oxygen atoms in total. The smallest absolute Gasteiger partial charge is 0.327 e. The summed E-state index contributed by atoms with van der Waals surface area (Å²) in [5.74, 6) is 1.22. The minimum atomic E-state index is -0.557. The largest absolute Gasteiger partial charge is 0.493 e. The monoisotopic (exact) mass is 391 g/mol. The number of H-pyrrole nitrogens is 2. The Morgan fingerprint density at radius 3 is 2.52 bits per heavy atom. The first-order chi connectivity index (χ1) is 14.1. The maximum atomic E-state index is 12.6. The number of aromatic amines is 2. The fourth-order valence-electron chi connectivity index (χ4n) is 3.52. The van der Waals surface area contributed by atoms with Crippen LogP contribution in [0.5, 0.6) is 11.5 Å². The number of anilines is 1. The lowest BCUT2D eigenvalue weighted by Gasteiger charge is -2.25. The van der Waals surface area contributed by atoms with Gasteiger partial charge in [0.1, 0.15) is 5.82 Å². The number of rotatable bonds is 5. The minimum absolute atomic E-state index is 0.383. The number of nitrogens with one attached hydrogen (secondary N) is 3. The van der Waals surface area contributed by atoms with Gasteiger partial charge in [0.05, 0.1) is 19.3 Å². The topological polar surface area (TPSA) is 96.2 Å². The van der Waals surface area contributed by atoms with Crippen LogP contribution in [0.25, 0.3) is 5.70 Å². The molecule has 0 saturated carbocycles. The lowest BCUT2D eigenvalue weighted by molar-refractivity contribution is 0.310. The molecule has 0 spiro atoms. The Hall–Kier alpha value is -3.74. The van der Waals surface area contributed by atoms with E-state index in [1.54, 1.807) is 7.11 Å². The molecule has 148 valence electrons. The highest BCUT2D eigenvalue weighted by atomic mass is 16.5. The first-order valence-corrected chi connectivity index (χ1v) is 9.32. The van der Waals surface area contributed by atoms with Crippen LogP contribution in [0.3, 0.4) is 0 Å². The molecule has 3 aromatic rings. The number of fused-ring (bicyclic) bond motifs is 1. The van der Waals surface area contributed by atoms with E-state index in [1.165, 1.54) is 0 Å². The van der Waals surface area contributed by atoms with Gasteiger partial charge in [0.2, 0.25) is 0 Å². The summed E-state index contributed by atoms with van der Waals surface area (Å²) in [6.07, 6.45) is 1.97. The SMILES string of the molecule is CCOc1ccc(C2C=C(c3ccccc3)Nc3[nH]c(=O)[nH]c(=O)c32)cc1OC. The molecule has 0 fully saturated rings. The molecule has 1 aliphatic heterocycles. The van der Waals surface area contributed by atoms with E-state index in [1.807, 2.05) is 61.5 Å². The van der Waals surface area contributed by atoms with Gasteiger partial charge in [0.25, 0.3) is 5.56 Å². The van der Waals surface area contributed by atoms with E-state index in [2.05, 4.69) is 15.3 Å². The summed E-state index contributed by atoms with van der Waals surface area (Å²) in [6, 6.07) is 15.3. The van der Waals surface area contributed by atoms with E-state index < -0.39 is 11.2 Å². The van der Waals surface area contributed by atoms with E-state index >= 15 is 0 Å². The van der Waals surface area contributed by atoms with Crippen molar-refractivity contribution in [2.75, 3.05) is 19.0 Å². The summed E-state index contributed by atoms with van der Waals surface area (Å²) in [4.78, 5) is 29.5. The summed E-state index contributed by atoms with van der Waals surface area (Å²) < 4.78 is 11.1. The second-order valence-corrected chi connectivity index (χ2v) is 6.59. The Morgan fingerprint density at radius 1 is 1.00 bits per heavy atom. The first-order valence-electron chi connectivity index (χ1n) is 9.32. The predicted octanol–water partition coefficient (Wildman–Crippen LogP) is 3.07. The number of ether oxygens (including phenoxy) is 2. The number of allylic oxidation sites excluding steroid dienone is 1. The van der Waals surface area contributed by atoms with Crippen molar-refractivity contribution < 1.29 is 9.47 Å². The molecule has 0 aliphatic carbocycles. The van der Waals surface area contributed by atoms with Crippen LogP contribution in [0.1, 0.15) is 29.5 Å². The van der Waals surface area contributed by atoms with Gasteiger partial charge in [-0.05, 0) is 36.3 Å². The van der Waals surface area contributed by atoms with Crippen molar-refractivity contribution in [1.29, 1.82) is 0 Å². The van der Waals surface area contributed by atoms with Crippen LogP contribution in [0.15, 0.2) is 64.2 Å². The molecule has 0 bridgehead atoms. The third-order valence-corrected chi connectivity index (χ3v) is 4.81. The highest BCUT2D eigenvalue weighted by molar-refractivity contribution is 5.81. The molecule has 4 rings (SSSR count). The van der Waals surface area contributed by atoms with E-state index in [-0.39, 0.29) is 5.92 Å². The van der Waals surface area contributed by atoms with E-state index in [0.29, 0.717) is 29.5 Å². The molecule has 3 N–H and O–H groups in total. The Morgan fingerprint density at radius 2 is 1.79 bits per heavy atom. The van der Waals surface area contributed by atoms with E-state index in [0.717, 1.165) is 16.8 Å². The lowest BCUT2D eigenvalue weighted by Crippen LogP contribution is -2.31. The van der Waals surface area contributed by atoms with Crippen LogP contribution >= 0.6 is 0 Å². The Balaban J connectivity index is 1.89. The summed E-state index contributed by atoms with van der Waals surface area (Å²) in [7, 11) is 1.58. The first kappa shape index (κ1) is 18.6. The molecule has 29 heavy (non-hydrogen) atoms. The highest BCUT2D eigenvalue weighted by Gasteiger charge is 2.27. The quantitative estimate of drug-likeness (QED) is 0.621. The van der Waals surface area contributed by atoms with Crippen molar-refractivity contribution in [2.45, 2.75) is 12.8 Å². The Labute approximate surface area is 167 Å². The number of methoxy groups -OCH3 is 1. The van der Waals surface area contributed by atoms with Gasteiger partial charge >= 0.3 is 5.69 Å². The minimum Gasteiger partial charge on any atom is -0.493 e. The molecular weight excluding hydrogens is 370 g/mol. The van der Waals surface area contributed by atoms with Gasteiger partial charge in [-0.15, -0.1) is 0 Å². The van der Waals surface area contributed by atoms with Gasteiger partial charge in [0.15, 0.2) is 11.5 Å². The van der Waals surface area contributed by atoms with Gasteiger partial charge < -0.3 is 14.8 Å². The second kappa shape index (κ2) is 7.71. The molecule has 1 aliphatic rings. The van der Waals surface area contributed by atoms with Gasteiger partial charge in [-0.1, -0.05) is 36.4 Å². The third kappa shape index (κ3) is 3.54. The van der Waals surface area contributed by atoms with Crippen molar-refractivity contribution in [2.24, 2.45) is 0 Å². The molecule has 1 aromatic heterocycles. The predicted molar refractivity (Wildman–Crippen MR) is 112 cm³/mol. The van der Waals surface area contributed by atoms with Gasteiger partial charge in [-0.3, -0.25) is 14.8 Å². The van der Waals surface area contributed by atoms with Gasteiger partial charge in [-0.25, -0.2) is 4.79 Å². The van der Waals surface area contributed by atoms with Crippen LogP contribution in [0.4, 0.5) is 5.82 Å². The molecular formula is C22H21N3O4. The molecule has 2 heterocycles.